The maximum atomic E-state index is 11.8. The molecule has 2 saturated heterocycles. The van der Waals surface area contributed by atoms with Crippen molar-refractivity contribution in [1.82, 2.24) is 39.2 Å². The Bertz CT molecular complexity index is 1520. The van der Waals surface area contributed by atoms with E-state index in [4.69, 9.17) is 25.5 Å². The maximum absolute atomic E-state index is 11.8. The second kappa shape index (κ2) is 36.8. The van der Waals surface area contributed by atoms with Gasteiger partial charge in [0.05, 0.1) is 39.3 Å². The highest BCUT2D eigenvalue weighted by atomic mass is 16.4. The Morgan fingerprint density at radius 3 is 1.21 bits per heavy atom. The summed E-state index contributed by atoms with van der Waals surface area (Å²) in [6.45, 7) is 4.27. The molecule has 2 atom stereocenters. The van der Waals surface area contributed by atoms with Gasteiger partial charge in [0.15, 0.2) is 0 Å². The first-order chi connectivity index (χ1) is 31.1. The Morgan fingerprint density at radius 2 is 0.851 bits per heavy atom. The first kappa shape index (κ1) is 63.9. The van der Waals surface area contributed by atoms with Crippen LogP contribution in [0.2, 0.25) is 0 Å². The molecule has 0 amide bonds. The average Bonchev–Trinajstić information content (AvgIpc) is 3.19. The summed E-state index contributed by atoms with van der Waals surface area (Å²) in [5, 5.41) is 74.1. The van der Waals surface area contributed by atoms with Crippen LogP contribution in [0.3, 0.4) is 0 Å². The number of nitrogens with zero attached hydrogens (tertiary/aromatic N) is 8. The van der Waals surface area contributed by atoms with E-state index in [2.05, 4.69) is 4.90 Å². The van der Waals surface area contributed by atoms with E-state index in [0.717, 1.165) is 12.8 Å². The van der Waals surface area contributed by atoms with E-state index in [9.17, 15) is 69.0 Å². The smallest absolute Gasteiger partial charge is 0.373 e. The van der Waals surface area contributed by atoms with E-state index in [0.29, 0.717) is 58.8 Å². The lowest BCUT2D eigenvalue weighted by Crippen LogP contribution is -2.52. The number of aliphatic carboxylic acids is 8. The Balaban J connectivity index is 0. The Hall–Kier alpha value is -5.22. The number of nitrogens with two attached hydrogens (primary N) is 1. The molecule has 0 aromatic carbocycles. The number of carbonyl (C=O) groups excluding carboxylic acids is 2. The summed E-state index contributed by atoms with van der Waals surface area (Å²) in [6, 6.07) is -1.28. The Morgan fingerprint density at radius 1 is 0.507 bits per heavy atom. The molecule has 0 aliphatic carbocycles. The summed E-state index contributed by atoms with van der Waals surface area (Å²) in [4.78, 5) is 121. The van der Waals surface area contributed by atoms with Crippen LogP contribution in [-0.2, 0) is 47.9 Å². The largest absolute Gasteiger partial charge is 0.481 e. The van der Waals surface area contributed by atoms with Gasteiger partial charge in [-0.05, 0) is 32.9 Å². The monoisotopic (exact) mass is 968 g/mol. The minimum Gasteiger partial charge on any atom is -0.481 e. The number of likely N-dealkylation sites (N-methyl/N-ethyl adjacent to an activating group) is 1. The van der Waals surface area contributed by atoms with Gasteiger partial charge in [0.25, 0.3) is 0 Å². The molecule has 27 nitrogen and oxygen atoms in total. The molecule has 67 heavy (non-hydrogen) atoms. The molecule has 0 aromatic heterocycles. The maximum Gasteiger partial charge on any atom is 0.373 e. The predicted octanol–water partition coefficient (Wildman–Crippen LogP) is -3.58. The normalized spacial score (nSPS) is 19.2. The Labute approximate surface area is 389 Å². The van der Waals surface area contributed by atoms with Gasteiger partial charge < -0.3 is 51.5 Å². The second-order valence-electron chi connectivity index (χ2n) is 15.8. The number of carboxylic acid groups (broad SMARTS) is 8. The van der Waals surface area contributed by atoms with E-state index in [1.54, 1.807) is 14.7 Å². The summed E-state index contributed by atoms with van der Waals surface area (Å²) in [5.74, 6) is -8.39. The molecule has 2 heterocycles. The lowest BCUT2D eigenvalue weighted by atomic mass is 10.1. The first-order valence-corrected chi connectivity index (χ1v) is 21.3. The summed E-state index contributed by atoms with van der Waals surface area (Å²) >= 11 is 0. The van der Waals surface area contributed by atoms with Crippen LogP contribution in [0.25, 0.3) is 0 Å². The molecule has 1 unspecified atom stereocenters. The van der Waals surface area contributed by atoms with E-state index in [1.165, 1.54) is 4.90 Å². The van der Waals surface area contributed by atoms with Gasteiger partial charge >= 0.3 is 53.9 Å². The third-order valence-corrected chi connectivity index (χ3v) is 10.6. The van der Waals surface area contributed by atoms with E-state index >= 15 is 0 Å². The molecule has 0 bridgehead atoms. The molecule has 2 aliphatic rings. The van der Waals surface area contributed by atoms with E-state index in [-0.39, 0.29) is 124 Å². The van der Waals surface area contributed by atoms with Crippen LogP contribution >= 0.6 is 0 Å². The molecule has 0 aromatic rings. The quantitative estimate of drug-likeness (QED) is 0.0502. The zero-order valence-corrected chi connectivity index (χ0v) is 37.6. The van der Waals surface area contributed by atoms with Crippen LogP contribution in [0, 0.1) is 0 Å². The molecule has 386 valence electrons. The molecule has 2 fully saturated rings. The van der Waals surface area contributed by atoms with Crippen LogP contribution in [0.15, 0.2) is 0 Å². The minimum absolute atomic E-state index is 0. The van der Waals surface area contributed by atoms with Crippen molar-refractivity contribution in [2.45, 2.75) is 51.6 Å². The summed E-state index contributed by atoms with van der Waals surface area (Å²) in [5.41, 5.74) is 5.61. The lowest BCUT2D eigenvalue weighted by molar-refractivity contribution is -0.192. The van der Waals surface area contributed by atoms with Gasteiger partial charge in [-0.3, -0.25) is 72.7 Å². The number of hydrogen-bond donors (Lipinski definition) is 9. The summed E-state index contributed by atoms with van der Waals surface area (Å²) in [7, 11) is 1.93. The third kappa shape index (κ3) is 33.0. The third-order valence-electron chi connectivity index (χ3n) is 10.6. The van der Waals surface area contributed by atoms with Crippen LogP contribution in [0.1, 0.15) is 39.5 Å². The van der Waals surface area contributed by atoms with Crippen LogP contribution in [-0.4, -0.2) is 297 Å². The Kier molecular flexibility index (Phi) is 35.1. The van der Waals surface area contributed by atoms with Crippen molar-refractivity contribution in [3.05, 3.63) is 0 Å². The molecule has 0 saturated carbocycles. The fraction of sp³-hybridized carbons (Fsp3) is 0.775. The van der Waals surface area contributed by atoms with Gasteiger partial charge in [0.2, 0.25) is 0 Å². The van der Waals surface area contributed by atoms with Crippen molar-refractivity contribution in [2.24, 2.45) is 5.73 Å². The van der Waals surface area contributed by atoms with Crippen LogP contribution in [0.4, 0.5) is 0 Å². The number of rotatable bonds is 21. The van der Waals surface area contributed by atoms with Crippen molar-refractivity contribution in [2.75, 3.05) is 151 Å². The molecule has 27 heteroatoms. The summed E-state index contributed by atoms with van der Waals surface area (Å²) in [6.07, 6.45) is 2.06. The highest BCUT2D eigenvalue weighted by Gasteiger charge is 2.29. The second-order valence-corrected chi connectivity index (χ2v) is 15.8. The van der Waals surface area contributed by atoms with Crippen molar-refractivity contribution < 1.29 is 88.8 Å². The molecular formula is C40H73N9O18. The SMILES string of the molecule is C.CN1CCN(CC(=O)O)CCN(CC(=O)O)C(CCCCN)CN(CC(=O)O)CC1.O=C(O)CC[C@H](C(=O)O)N1CCN(CC(=O)O)CCN(CC(=O)O)CCN(CC(=O)O)CC1.O=C=O. The van der Waals surface area contributed by atoms with Gasteiger partial charge in [-0.25, -0.2) is 0 Å². The zero-order chi connectivity index (χ0) is 50.2. The number of carbonyl (C=O) groups is 8. The zero-order valence-electron chi connectivity index (χ0n) is 37.6. The van der Waals surface area contributed by atoms with Gasteiger partial charge in [0, 0.05) is 111 Å². The number of hydrogen-bond acceptors (Lipinski definition) is 19. The minimum atomic E-state index is -1.22. The molecular weight excluding hydrogens is 894 g/mol. The molecule has 2 rings (SSSR count). The standard InChI is InChI=1S/C19H37N5O6.C19H32N4O10.CO2.CH4/c1-21-6-8-22(13-17(25)26)10-11-24(15-19(29)30)16(4-2-3-5-20)12-23(9-7-21)14-18(27)28;24-15(25)2-1-14(19(32)33)23-9-7-21(12-17(28)29)5-3-20(11-16(26)27)4-6-22(8-10-23)13-18(30)31;2-1-3;/h16H,2-15,20H2,1H3,(H,25,26)(H,27,28)(H,29,30);14H,1-13H2,(H,24,25)(H,26,27)(H,28,29)(H,30,31)(H,32,33);;1H4/t;14-;;/m.1../s1. The van der Waals surface area contributed by atoms with E-state index in [1.807, 2.05) is 21.7 Å². The summed E-state index contributed by atoms with van der Waals surface area (Å²) < 4.78 is 0. The van der Waals surface area contributed by atoms with E-state index < -0.39 is 53.8 Å². The fourth-order valence-corrected chi connectivity index (χ4v) is 7.30. The fourth-order valence-electron chi connectivity index (χ4n) is 7.30. The van der Waals surface area contributed by atoms with Gasteiger partial charge in [-0.2, -0.15) is 9.59 Å². The topological polar surface area (TPSA) is 384 Å². The molecule has 2 aliphatic heterocycles. The average molecular weight is 968 g/mol. The van der Waals surface area contributed by atoms with Crippen molar-refractivity contribution in [3.63, 3.8) is 0 Å². The molecule has 10 N–H and O–H groups in total. The van der Waals surface area contributed by atoms with Crippen LogP contribution < -0.4 is 5.73 Å². The van der Waals surface area contributed by atoms with Crippen molar-refractivity contribution in [3.8, 4) is 0 Å². The van der Waals surface area contributed by atoms with Crippen LogP contribution in [0.5, 0.6) is 0 Å². The number of unbranched alkanes of at least 4 members (excludes halogenated alkanes) is 1. The van der Waals surface area contributed by atoms with Gasteiger partial charge in [-0.1, -0.05) is 13.8 Å². The van der Waals surface area contributed by atoms with Crippen molar-refractivity contribution >= 4 is 53.9 Å². The highest BCUT2D eigenvalue weighted by Crippen LogP contribution is 2.14. The number of carboxylic acids is 8. The van der Waals surface area contributed by atoms with Gasteiger partial charge in [0.1, 0.15) is 6.04 Å². The predicted molar refractivity (Wildman–Crippen MR) is 235 cm³/mol. The van der Waals surface area contributed by atoms with Crippen molar-refractivity contribution in [1.29, 1.82) is 0 Å². The lowest BCUT2D eigenvalue weighted by Gasteiger charge is -2.37. The molecule has 0 spiro atoms. The highest BCUT2D eigenvalue weighted by molar-refractivity contribution is 5.75. The first-order valence-electron chi connectivity index (χ1n) is 21.3. The molecule has 0 radical (unpaired) electrons. The van der Waals surface area contributed by atoms with Gasteiger partial charge in [-0.15, -0.1) is 0 Å².